The van der Waals surface area contributed by atoms with Gasteiger partial charge in [-0.1, -0.05) is 12.8 Å². The molecule has 1 fully saturated rings. The van der Waals surface area contributed by atoms with Crippen LogP contribution >= 0.6 is 11.3 Å². The number of anilines is 1. The predicted octanol–water partition coefficient (Wildman–Crippen LogP) is 4.47. The van der Waals surface area contributed by atoms with E-state index in [9.17, 15) is 0 Å². The number of aryl methyl sites for hydroxylation is 1. The van der Waals surface area contributed by atoms with Crippen molar-refractivity contribution >= 4 is 17.2 Å². The Bertz CT molecular complexity index is 607. The maximum atomic E-state index is 4.94. The zero-order valence-corrected chi connectivity index (χ0v) is 12.7. The predicted molar refractivity (Wildman–Crippen MR) is 84.4 cm³/mol. The molecule has 2 aromatic heterocycles. The zero-order chi connectivity index (χ0) is 13.5. The van der Waals surface area contributed by atoms with E-state index in [4.69, 9.17) is 5.10 Å². The highest BCUT2D eigenvalue weighted by Crippen LogP contribution is 2.40. The molecule has 0 bridgehead atoms. The molecular weight excluding hydrogens is 266 g/mol. The number of aromatic nitrogens is 2. The molecule has 0 spiro atoms. The lowest BCUT2D eigenvalue weighted by molar-refractivity contribution is 0.291. The summed E-state index contributed by atoms with van der Waals surface area (Å²) >= 11 is 1.80. The molecule has 20 heavy (non-hydrogen) atoms. The summed E-state index contributed by atoms with van der Waals surface area (Å²) < 4.78 is 2.29. The Morgan fingerprint density at radius 1 is 1.30 bits per heavy atom. The van der Waals surface area contributed by atoms with Crippen LogP contribution in [0.15, 0.2) is 17.5 Å². The summed E-state index contributed by atoms with van der Waals surface area (Å²) in [4.78, 5) is 1.32. The van der Waals surface area contributed by atoms with Crippen molar-refractivity contribution in [2.45, 2.75) is 45.1 Å². The van der Waals surface area contributed by atoms with Crippen molar-refractivity contribution < 1.29 is 0 Å². The quantitative estimate of drug-likeness (QED) is 0.883. The third-order valence-electron chi connectivity index (χ3n) is 4.83. The van der Waals surface area contributed by atoms with Crippen molar-refractivity contribution in [1.82, 2.24) is 9.78 Å². The number of hydrogen-bond donors (Lipinski definition) is 1. The summed E-state index contributed by atoms with van der Waals surface area (Å²) in [6.45, 7) is 3.27. The lowest BCUT2D eigenvalue weighted by Gasteiger charge is -2.30. The third-order valence-corrected chi connectivity index (χ3v) is 5.87. The number of nitrogens with zero attached hydrogens (tertiary/aromatic N) is 2. The van der Waals surface area contributed by atoms with Crippen LogP contribution < -0.4 is 5.32 Å². The molecule has 1 aliphatic heterocycles. The van der Waals surface area contributed by atoms with Gasteiger partial charge < -0.3 is 5.32 Å². The number of hydrogen-bond acceptors (Lipinski definition) is 3. The molecule has 0 amide bonds. The average Bonchev–Trinajstić information content (AvgIpc) is 3.17. The molecule has 1 unspecified atom stereocenters. The second kappa shape index (κ2) is 4.92. The molecule has 4 rings (SSSR count). The number of fused-ring (bicyclic) bond motifs is 1. The Balaban J connectivity index is 1.71. The van der Waals surface area contributed by atoms with E-state index in [1.807, 2.05) is 0 Å². The van der Waals surface area contributed by atoms with Crippen LogP contribution in [0.4, 0.5) is 5.82 Å². The van der Waals surface area contributed by atoms with Gasteiger partial charge in [-0.2, -0.15) is 5.10 Å². The zero-order valence-electron chi connectivity index (χ0n) is 11.9. The molecule has 2 aromatic rings. The molecule has 1 atom stereocenters. The minimum Gasteiger partial charge on any atom is -0.370 e. The van der Waals surface area contributed by atoms with Gasteiger partial charge >= 0.3 is 0 Å². The fourth-order valence-corrected chi connectivity index (χ4v) is 4.66. The van der Waals surface area contributed by atoms with E-state index in [0.29, 0.717) is 6.04 Å². The fourth-order valence-electron chi connectivity index (χ4n) is 3.77. The molecule has 1 aliphatic carbocycles. The van der Waals surface area contributed by atoms with Crippen molar-refractivity contribution in [1.29, 1.82) is 0 Å². The van der Waals surface area contributed by atoms with Crippen molar-refractivity contribution in [3.63, 3.8) is 0 Å². The molecular formula is C16H21N3S. The average molecular weight is 287 g/mol. The van der Waals surface area contributed by atoms with Crippen LogP contribution in [0.25, 0.3) is 10.6 Å². The van der Waals surface area contributed by atoms with Gasteiger partial charge in [-0.25, -0.2) is 4.68 Å². The van der Waals surface area contributed by atoms with E-state index in [0.717, 1.165) is 18.2 Å². The minimum atomic E-state index is 0.614. The van der Waals surface area contributed by atoms with Crippen molar-refractivity contribution in [2.24, 2.45) is 5.92 Å². The first kappa shape index (κ1) is 12.5. The molecule has 0 aromatic carbocycles. The summed E-state index contributed by atoms with van der Waals surface area (Å²) in [5.41, 5.74) is 2.48. The summed E-state index contributed by atoms with van der Waals surface area (Å²) in [6.07, 6.45) is 6.81. The van der Waals surface area contributed by atoms with Gasteiger partial charge in [0.25, 0.3) is 0 Å². The standard InChI is InChI=1S/C16H21N3S/c1-11-7-9-20-16(11)13-10-15-17-8-6-14(19(15)18-13)12-4-2-3-5-12/h7,9-10,12,14,17H,2-6,8H2,1H3. The van der Waals surface area contributed by atoms with Crippen LogP contribution in [0.1, 0.15) is 43.7 Å². The van der Waals surface area contributed by atoms with Crippen molar-refractivity contribution in [3.8, 4) is 10.6 Å². The van der Waals surface area contributed by atoms with Gasteiger partial charge in [0.05, 0.1) is 10.9 Å². The maximum Gasteiger partial charge on any atom is 0.125 e. The van der Waals surface area contributed by atoms with Crippen LogP contribution in [-0.4, -0.2) is 16.3 Å². The second-order valence-corrected chi connectivity index (χ2v) is 7.04. The fraction of sp³-hybridized carbons (Fsp3) is 0.562. The Labute approximate surface area is 124 Å². The molecule has 1 N–H and O–H groups in total. The highest BCUT2D eigenvalue weighted by atomic mass is 32.1. The van der Waals surface area contributed by atoms with Gasteiger partial charge in [0.1, 0.15) is 11.5 Å². The third kappa shape index (κ3) is 1.97. The van der Waals surface area contributed by atoms with E-state index < -0.39 is 0 Å². The van der Waals surface area contributed by atoms with E-state index in [1.165, 1.54) is 48.4 Å². The van der Waals surface area contributed by atoms with Gasteiger partial charge in [-0.3, -0.25) is 0 Å². The van der Waals surface area contributed by atoms with E-state index in [1.54, 1.807) is 11.3 Å². The SMILES string of the molecule is Cc1ccsc1-c1cc2n(n1)C(C1CCCC1)CCN2. The van der Waals surface area contributed by atoms with Gasteiger partial charge in [0, 0.05) is 12.6 Å². The summed E-state index contributed by atoms with van der Waals surface area (Å²) in [5, 5.41) is 10.6. The van der Waals surface area contributed by atoms with Crippen LogP contribution in [-0.2, 0) is 0 Å². The van der Waals surface area contributed by atoms with Gasteiger partial charge in [-0.15, -0.1) is 11.3 Å². The maximum absolute atomic E-state index is 4.94. The summed E-state index contributed by atoms with van der Waals surface area (Å²) in [5.74, 6) is 2.06. The topological polar surface area (TPSA) is 29.9 Å². The van der Waals surface area contributed by atoms with Crippen LogP contribution in [0.5, 0.6) is 0 Å². The minimum absolute atomic E-state index is 0.614. The van der Waals surface area contributed by atoms with Crippen LogP contribution in [0, 0.1) is 12.8 Å². The highest BCUT2D eigenvalue weighted by molar-refractivity contribution is 7.13. The molecule has 0 radical (unpaired) electrons. The first-order chi connectivity index (χ1) is 9.83. The Hall–Kier alpha value is -1.29. The monoisotopic (exact) mass is 287 g/mol. The van der Waals surface area contributed by atoms with Gasteiger partial charge in [0.15, 0.2) is 0 Å². The largest absolute Gasteiger partial charge is 0.370 e. The molecule has 3 nitrogen and oxygen atoms in total. The molecule has 4 heteroatoms. The molecule has 0 saturated heterocycles. The first-order valence-electron chi connectivity index (χ1n) is 7.71. The summed E-state index contributed by atoms with van der Waals surface area (Å²) in [6, 6.07) is 5.03. The van der Waals surface area contributed by atoms with Crippen LogP contribution in [0.2, 0.25) is 0 Å². The number of rotatable bonds is 2. The Morgan fingerprint density at radius 2 is 2.15 bits per heavy atom. The smallest absolute Gasteiger partial charge is 0.125 e. The van der Waals surface area contributed by atoms with E-state index in [-0.39, 0.29) is 0 Å². The lowest BCUT2D eigenvalue weighted by atomic mass is 9.94. The molecule has 1 saturated carbocycles. The van der Waals surface area contributed by atoms with Gasteiger partial charge in [-0.05, 0) is 49.1 Å². The lowest BCUT2D eigenvalue weighted by Crippen LogP contribution is -2.28. The van der Waals surface area contributed by atoms with Crippen molar-refractivity contribution in [3.05, 3.63) is 23.1 Å². The van der Waals surface area contributed by atoms with E-state index in [2.05, 4.69) is 34.4 Å². The second-order valence-electron chi connectivity index (χ2n) is 6.12. The van der Waals surface area contributed by atoms with Crippen LogP contribution in [0.3, 0.4) is 0 Å². The highest BCUT2D eigenvalue weighted by Gasteiger charge is 2.31. The molecule has 3 heterocycles. The van der Waals surface area contributed by atoms with Crippen molar-refractivity contribution in [2.75, 3.05) is 11.9 Å². The summed E-state index contributed by atoms with van der Waals surface area (Å²) in [7, 11) is 0. The first-order valence-corrected chi connectivity index (χ1v) is 8.59. The van der Waals surface area contributed by atoms with Gasteiger partial charge in [0.2, 0.25) is 0 Å². The molecule has 106 valence electrons. The molecule has 2 aliphatic rings. The Kier molecular flexibility index (Phi) is 3.06. The normalized spacial score (nSPS) is 22.8. The van der Waals surface area contributed by atoms with E-state index >= 15 is 0 Å². The number of nitrogens with one attached hydrogen (secondary N) is 1. The Morgan fingerprint density at radius 3 is 2.90 bits per heavy atom. The number of thiophene rings is 1.